The van der Waals surface area contributed by atoms with Gasteiger partial charge in [0.2, 0.25) is 0 Å². The van der Waals surface area contributed by atoms with Crippen LogP contribution in [-0.2, 0) is 0 Å². The van der Waals surface area contributed by atoms with Crippen LogP contribution >= 0.6 is 15.9 Å². The van der Waals surface area contributed by atoms with Gasteiger partial charge in [-0.05, 0) is 56.3 Å². The summed E-state index contributed by atoms with van der Waals surface area (Å²) in [6, 6.07) is 0. The highest BCUT2D eigenvalue weighted by atomic mass is 79.9. The highest BCUT2D eigenvalue weighted by Gasteiger charge is 2.59. The lowest BCUT2D eigenvalue weighted by atomic mass is 9.92. The van der Waals surface area contributed by atoms with Crippen molar-refractivity contribution in [3.05, 3.63) is 0 Å². The van der Waals surface area contributed by atoms with Gasteiger partial charge in [0.25, 0.3) is 0 Å². The predicted molar refractivity (Wildman–Crippen MR) is 49.8 cm³/mol. The minimum absolute atomic E-state index is 0.646. The van der Waals surface area contributed by atoms with E-state index in [2.05, 4.69) is 15.9 Å². The summed E-state index contributed by atoms with van der Waals surface area (Å²) in [7, 11) is 0. The lowest BCUT2D eigenvalue weighted by Gasteiger charge is -2.27. The van der Waals surface area contributed by atoms with E-state index in [0.29, 0.717) is 4.32 Å². The average molecular weight is 215 g/mol. The van der Waals surface area contributed by atoms with Crippen LogP contribution in [0.5, 0.6) is 0 Å². The van der Waals surface area contributed by atoms with Crippen LogP contribution in [0.4, 0.5) is 0 Å². The molecule has 0 saturated heterocycles. The molecule has 0 N–H and O–H groups in total. The predicted octanol–water partition coefficient (Wildman–Crippen LogP) is 3.35. The Kier molecular flexibility index (Phi) is 1.29. The van der Waals surface area contributed by atoms with Crippen molar-refractivity contribution in [3.63, 3.8) is 0 Å². The zero-order valence-electron chi connectivity index (χ0n) is 6.85. The average Bonchev–Trinajstić information content (AvgIpc) is 2.53. The van der Waals surface area contributed by atoms with E-state index in [0.717, 1.165) is 17.8 Å². The van der Waals surface area contributed by atoms with Gasteiger partial charge in [-0.15, -0.1) is 0 Å². The Morgan fingerprint density at radius 3 is 1.27 bits per heavy atom. The van der Waals surface area contributed by atoms with Crippen molar-refractivity contribution in [2.45, 2.75) is 42.8 Å². The second kappa shape index (κ2) is 2.04. The zero-order valence-corrected chi connectivity index (χ0v) is 8.44. The molecular formula is C10H15Br. The van der Waals surface area contributed by atoms with Crippen LogP contribution in [0.2, 0.25) is 0 Å². The summed E-state index contributed by atoms with van der Waals surface area (Å²) in [6.07, 6.45) is 9.12. The van der Waals surface area contributed by atoms with Crippen LogP contribution in [0.25, 0.3) is 0 Å². The summed E-state index contributed by atoms with van der Waals surface area (Å²) >= 11 is 4.07. The first kappa shape index (κ1) is 6.94. The SMILES string of the molecule is BrC12C3CCC1CCC2CC3. The molecule has 3 rings (SSSR count). The Hall–Kier alpha value is 0.480. The van der Waals surface area contributed by atoms with E-state index in [1.165, 1.54) is 38.5 Å². The number of rotatable bonds is 0. The molecule has 0 atom stereocenters. The minimum Gasteiger partial charge on any atom is -0.0844 e. The first-order valence-electron chi connectivity index (χ1n) is 5.00. The van der Waals surface area contributed by atoms with Crippen molar-refractivity contribution in [1.82, 2.24) is 0 Å². The molecule has 0 unspecified atom stereocenters. The fraction of sp³-hybridized carbons (Fsp3) is 1.00. The lowest BCUT2D eigenvalue weighted by Crippen LogP contribution is -2.28. The number of hydrogen-bond donors (Lipinski definition) is 0. The summed E-state index contributed by atoms with van der Waals surface area (Å²) in [5, 5.41) is 0. The molecule has 0 amide bonds. The summed E-state index contributed by atoms with van der Waals surface area (Å²) in [6.45, 7) is 0. The van der Waals surface area contributed by atoms with Crippen LogP contribution in [0.3, 0.4) is 0 Å². The maximum Gasteiger partial charge on any atom is 0.0342 e. The molecule has 0 radical (unpaired) electrons. The van der Waals surface area contributed by atoms with Crippen molar-refractivity contribution in [2.75, 3.05) is 0 Å². The molecule has 3 aliphatic rings. The van der Waals surface area contributed by atoms with Crippen LogP contribution in [0.15, 0.2) is 0 Å². The van der Waals surface area contributed by atoms with Gasteiger partial charge in [0, 0.05) is 4.32 Å². The molecule has 62 valence electrons. The molecule has 3 aliphatic carbocycles. The number of halogens is 1. The van der Waals surface area contributed by atoms with Crippen LogP contribution in [-0.4, -0.2) is 4.32 Å². The molecule has 0 aromatic heterocycles. The lowest BCUT2D eigenvalue weighted by molar-refractivity contribution is 0.419. The Labute approximate surface area is 76.9 Å². The van der Waals surface area contributed by atoms with Crippen molar-refractivity contribution in [1.29, 1.82) is 0 Å². The molecule has 0 spiro atoms. The zero-order chi connectivity index (χ0) is 7.47. The van der Waals surface area contributed by atoms with Gasteiger partial charge >= 0.3 is 0 Å². The third kappa shape index (κ3) is 0.672. The fourth-order valence-electron chi connectivity index (χ4n) is 3.97. The number of alkyl halides is 1. The Balaban J connectivity index is 2.04. The molecule has 0 aliphatic heterocycles. The normalized spacial score (nSPS) is 60.3. The molecule has 3 fully saturated rings. The van der Waals surface area contributed by atoms with Crippen LogP contribution < -0.4 is 0 Å². The summed E-state index contributed by atoms with van der Waals surface area (Å²) in [4.78, 5) is 0. The van der Waals surface area contributed by atoms with Gasteiger partial charge in [-0.2, -0.15) is 0 Å². The quantitative estimate of drug-likeness (QED) is 0.543. The van der Waals surface area contributed by atoms with Crippen molar-refractivity contribution < 1.29 is 0 Å². The molecule has 0 aromatic rings. The van der Waals surface area contributed by atoms with E-state index < -0.39 is 0 Å². The van der Waals surface area contributed by atoms with Crippen molar-refractivity contribution >= 4 is 15.9 Å². The van der Waals surface area contributed by atoms with E-state index in [-0.39, 0.29) is 0 Å². The van der Waals surface area contributed by atoms with E-state index in [1.807, 2.05) is 0 Å². The van der Waals surface area contributed by atoms with Crippen LogP contribution in [0.1, 0.15) is 38.5 Å². The third-order valence-electron chi connectivity index (χ3n) is 4.47. The second-order valence-corrected chi connectivity index (χ2v) is 6.02. The van der Waals surface area contributed by atoms with E-state index in [9.17, 15) is 0 Å². The topological polar surface area (TPSA) is 0 Å². The Morgan fingerprint density at radius 1 is 0.727 bits per heavy atom. The molecule has 0 aromatic carbocycles. The smallest absolute Gasteiger partial charge is 0.0342 e. The van der Waals surface area contributed by atoms with Gasteiger partial charge in [0.05, 0.1) is 0 Å². The highest BCUT2D eigenvalue weighted by molar-refractivity contribution is 9.10. The standard InChI is InChI=1S/C10H15Br/c11-10-7-1-2-8(10)5-6-9(10)4-3-7/h7-9H,1-6H2. The van der Waals surface area contributed by atoms with Gasteiger partial charge in [0.1, 0.15) is 0 Å². The van der Waals surface area contributed by atoms with E-state index in [4.69, 9.17) is 0 Å². The van der Waals surface area contributed by atoms with E-state index >= 15 is 0 Å². The Morgan fingerprint density at radius 2 is 1.00 bits per heavy atom. The van der Waals surface area contributed by atoms with Gasteiger partial charge in [0.15, 0.2) is 0 Å². The molecule has 0 bridgehead atoms. The molecule has 0 heterocycles. The summed E-state index contributed by atoms with van der Waals surface area (Å²) in [5.74, 6) is 3.17. The highest BCUT2D eigenvalue weighted by Crippen LogP contribution is 2.65. The van der Waals surface area contributed by atoms with Gasteiger partial charge < -0.3 is 0 Å². The summed E-state index contributed by atoms with van der Waals surface area (Å²) < 4.78 is 0.646. The third-order valence-corrected chi connectivity index (χ3v) is 6.41. The van der Waals surface area contributed by atoms with Crippen molar-refractivity contribution in [2.24, 2.45) is 17.8 Å². The Bertz CT molecular complexity index is 144. The van der Waals surface area contributed by atoms with Crippen LogP contribution in [0, 0.1) is 17.8 Å². The molecule has 3 saturated carbocycles. The fourth-order valence-corrected chi connectivity index (χ4v) is 5.34. The van der Waals surface area contributed by atoms with Gasteiger partial charge in [-0.3, -0.25) is 0 Å². The number of hydrogen-bond acceptors (Lipinski definition) is 0. The molecule has 1 heteroatoms. The second-order valence-electron chi connectivity index (χ2n) is 4.65. The monoisotopic (exact) mass is 214 g/mol. The van der Waals surface area contributed by atoms with Gasteiger partial charge in [-0.25, -0.2) is 0 Å². The maximum absolute atomic E-state index is 4.07. The largest absolute Gasteiger partial charge is 0.0844 e. The maximum atomic E-state index is 4.07. The first-order chi connectivity index (χ1) is 5.32. The molecule has 11 heavy (non-hydrogen) atoms. The van der Waals surface area contributed by atoms with E-state index in [1.54, 1.807) is 0 Å². The first-order valence-corrected chi connectivity index (χ1v) is 5.80. The van der Waals surface area contributed by atoms with Gasteiger partial charge in [-0.1, -0.05) is 15.9 Å². The molecule has 0 nitrogen and oxygen atoms in total. The minimum atomic E-state index is 0.646. The molecular weight excluding hydrogens is 200 g/mol. The summed E-state index contributed by atoms with van der Waals surface area (Å²) in [5.41, 5.74) is 0. The van der Waals surface area contributed by atoms with Crippen molar-refractivity contribution in [3.8, 4) is 0 Å².